The average molecular weight is 533 g/mol. The van der Waals surface area contributed by atoms with Gasteiger partial charge in [0.05, 0.1) is 35.6 Å². The van der Waals surface area contributed by atoms with E-state index in [1.165, 1.54) is 0 Å². The fourth-order valence-electron chi connectivity index (χ4n) is 4.53. The van der Waals surface area contributed by atoms with Crippen molar-refractivity contribution in [1.82, 2.24) is 0 Å². The van der Waals surface area contributed by atoms with Crippen LogP contribution in [0.2, 0.25) is 0 Å². The van der Waals surface area contributed by atoms with Gasteiger partial charge in [-0.1, -0.05) is 139 Å². The van der Waals surface area contributed by atoms with Crippen molar-refractivity contribution in [2.75, 3.05) is 0 Å². The van der Waals surface area contributed by atoms with E-state index in [1.807, 2.05) is 0 Å². The summed E-state index contributed by atoms with van der Waals surface area (Å²) in [5, 5.41) is -5.50. The zero-order valence-corrected chi connectivity index (χ0v) is 20.0. The van der Waals surface area contributed by atoms with Gasteiger partial charge in [-0.25, -0.2) is 0 Å². The van der Waals surface area contributed by atoms with Crippen LogP contribution < -0.4 is 0 Å². The van der Waals surface area contributed by atoms with Crippen LogP contribution >= 0.6 is 0 Å². The van der Waals surface area contributed by atoms with E-state index in [2.05, 4.69) is 0 Å². The second-order valence-corrected chi connectivity index (χ2v) is 8.50. The molecule has 0 saturated heterocycles. The Kier molecular flexibility index (Phi) is 1.99. The molecular weight excluding hydrogens is 480 g/mol. The van der Waals surface area contributed by atoms with Crippen molar-refractivity contribution in [3.63, 3.8) is 0 Å². The molecule has 0 aliphatic rings. The van der Waals surface area contributed by atoms with Crippen LogP contribution in [0, 0.1) is 0 Å². The largest absolute Gasteiger partial charge is 0.0636 e. The Labute approximate surface area is 270 Å². The first-order valence-corrected chi connectivity index (χ1v) is 11.8. The fourth-order valence-corrected chi connectivity index (χ4v) is 4.53. The highest BCUT2D eigenvalue weighted by Crippen LogP contribution is 2.45. The molecule has 0 unspecified atom stereocenters. The van der Waals surface area contributed by atoms with Crippen LogP contribution in [0.5, 0.6) is 0 Å². The Morgan fingerprint density at radius 2 is 0.725 bits per heavy atom. The van der Waals surface area contributed by atoms with Gasteiger partial charge in [-0.2, -0.15) is 0 Å². The monoisotopic (exact) mass is 532 g/mol. The third-order valence-corrected chi connectivity index (χ3v) is 6.25. The lowest BCUT2D eigenvalue weighted by Gasteiger charge is -2.19. The van der Waals surface area contributed by atoms with Gasteiger partial charge in [0.25, 0.3) is 0 Å². The highest BCUT2D eigenvalue weighted by Gasteiger charge is 2.17. The Morgan fingerprint density at radius 3 is 1.40 bits per heavy atom. The van der Waals surface area contributed by atoms with Crippen molar-refractivity contribution < 1.29 is 35.6 Å². The maximum absolute atomic E-state index is 9.96. The van der Waals surface area contributed by atoms with Gasteiger partial charge in [-0.15, -0.1) is 0 Å². The maximum Gasteiger partial charge on any atom is 0.0636 e. The van der Waals surface area contributed by atoms with E-state index in [-0.39, 0.29) is 0 Å². The first-order chi connectivity index (χ1) is 30.7. The number of fused-ring (bicyclic) bond motifs is 4. The molecule has 0 amide bonds. The van der Waals surface area contributed by atoms with E-state index in [1.54, 1.807) is 0 Å². The van der Waals surface area contributed by atoms with Crippen molar-refractivity contribution >= 4 is 43.1 Å². The van der Waals surface area contributed by atoms with Crippen LogP contribution in [0.4, 0.5) is 0 Å². The van der Waals surface area contributed by atoms with Crippen LogP contribution in [-0.2, 0) is 0 Å². The molecule has 0 aliphatic carbocycles. The summed E-state index contributed by atoms with van der Waals surface area (Å²) >= 11 is 0. The lowest BCUT2D eigenvalue weighted by molar-refractivity contribution is 1.65. The topological polar surface area (TPSA) is 0 Å². The molecule has 0 fully saturated rings. The van der Waals surface area contributed by atoms with Gasteiger partial charge in [0.15, 0.2) is 0 Å². The fraction of sp³-hybridized carbons (Fsp3) is 0. The van der Waals surface area contributed by atoms with Crippen molar-refractivity contribution in [2.45, 2.75) is 0 Å². The van der Waals surface area contributed by atoms with Crippen molar-refractivity contribution in [3.8, 4) is 33.4 Å². The van der Waals surface area contributed by atoms with Crippen molar-refractivity contribution in [2.24, 2.45) is 0 Å². The molecule has 40 heavy (non-hydrogen) atoms. The summed E-state index contributed by atoms with van der Waals surface area (Å²) in [5.41, 5.74) is -4.81. The zero-order chi connectivity index (χ0) is 49.1. The van der Waals surface area contributed by atoms with E-state index < -0.39 is 234 Å². The molecule has 0 N–H and O–H groups in total. The van der Waals surface area contributed by atoms with E-state index in [0.29, 0.717) is 0 Å². The molecule has 186 valence electrons. The number of hydrogen-bond acceptors (Lipinski definition) is 0. The Bertz CT molecular complexity index is 3620. The summed E-state index contributed by atoms with van der Waals surface area (Å²) in [6, 6.07) is -24.3. The second-order valence-electron chi connectivity index (χ2n) is 8.50. The molecule has 8 rings (SSSR count). The first-order valence-electron chi connectivity index (χ1n) is 24.8. The van der Waals surface area contributed by atoms with E-state index in [9.17, 15) is 11.0 Å². The third-order valence-electron chi connectivity index (χ3n) is 6.25. The van der Waals surface area contributed by atoms with Crippen LogP contribution in [0.1, 0.15) is 35.6 Å². The van der Waals surface area contributed by atoms with Crippen LogP contribution in [0.3, 0.4) is 0 Å². The summed E-state index contributed by atoms with van der Waals surface area (Å²) in [7, 11) is 0. The van der Waals surface area contributed by atoms with E-state index >= 15 is 0 Å². The smallest absolute Gasteiger partial charge is 0.0622 e. The third kappa shape index (κ3) is 3.69. The predicted octanol–water partition coefficient (Wildman–Crippen LogP) is 11.3. The average Bonchev–Trinajstić information content (AvgIpc) is 3.28. The Morgan fingerprint density at radius 1 is 0.275 bits per heavy atom. The number of hydrogen-bond donors (Lipinski definition) is 0. The van der Waals surface area contributed by atoms with Gasteiger partial charge in [0.1, 0.15) is 0 Å². The second kappa shape index (κ2) is 9.22. The highest BCUT2D eigenvalue weighted by atomic mass is 14.2. The van der Waals surface area contributed by atoms with Gasteiger partial charge >= 0.3 is 0 Å². The van der Waals surface area contributed by atoms with Gasteiger partial charge in [-0.05, 0) is 94.6 Å². The standard InChI is InChI=1S/C40H26/c1-2-12-29(13-3-1)39-35-16-8-9-17-36(35)40(34-21-19-28-11-5-7-15-31(28)25-34)38-26-33(22-23-37(38)39)32-20-18-27-10-4-6-14-30(27)24-32/h1-26H/i1D,2D,3D,4D,5D,6D,7D,8D,9D,10D,11D,12D,13D,14D,15D,16D,17D,18D,19D,20D,21D,22D,23D,24D,25D,26D. The van der Waals surface area contributed by atoms with Gasteiger partial charge in [0.2, 0.25) is 0 Å². The van der Waals surface area contributed by atoms with Crippen LogP contribution in [0.15, 0.2) is 157 Å². The molecule has 0 spiro atoms. The quantitative estimate of drug-likeness (QED) is 0.198. The van der Waals surface area contributed by atoms with Gasteiger partial charge in [0, 0.05) is 0 Å². The first kappa shape index (κ1) is 8.65. The van der Waals surface area contributed by atoms with Crippen molar-refractivity contribution in [1.29, 1.82) is 0 Å². The summed E-state index contributed by atoms with van der Waals surface area (Å²) in [5.74, 6) is 0. The highest BCUT2D eigenvalue weighted by molar-refractivity contribution is 6.22. The number of rotatable bonds is 3. The molecule has 0 saturated carbocycles. The maximum atomic E-state index is 9.96. The minimum absolute atomic E-state index is 0.572. The Balaban J connectivity index is 1.81. The molecule has 8 aromatic carbocycles. The zero-order valence-electron chi connectivity index (χ0n) is 46.0. The predicted molar refractivity (Wildman–Crippen MR) is 173 cm³/mol. The molecule has 0 aliphatic heterocycles. The molecule has 0 bridgehead atoms. The summed E-state index contributed by atoms with van der Waals surface area (Å²) in [4.78, 5) is 0. The molecule has 0 nitrogen and oxygen atoms in total. The van der Waals surface area contributed by atoms with Crippen LogP contribution in [0.25, 0.3) is 76.5 Å². The summed E-state index contributed by atoms with van der Waals surface area (Å²) < 4.78 is 231. The SMILES string of the molecule is [2H]c1c([2H])c([2H])c(-c2c3c([2H])c([2H])c([2H])c([2H])c3c(-c3c([2H])c([2H])c4c([2H])c([2H])c([2H])c([2H])c4c3[2H])c3c([2H])c(-c4c([2H])c([2H])c5c([2H])c([2H])c([2H])c([2H])c5c4[2H])c([2H])c([2H])c23)c([2H])c1[2H]. The van der Waals surface area contributed by atoms with Crippen molar-refractivity contribution in [3.05, 3.63) is 157 Å². The van der Waals surface area contributed by atoms with E-state index in [4.69, 9.17) is 24.7 Å². The van der Waals surface area contributed by atoms with Gasteiger partial charge < -0.3 is 0 Å². The van der Waals surface area contributed by atoms with Gasteiger partial charge in [-0.3, -0.25) is 0 Å². The lowest BCUT2D eigenvalue weighted by atomic mass is 9.84. The molecular formula is C40H26. The number of benzene rings is 8. The molecule has 0 atom stereocenters. The summed E-state index contributed by atoms with van der Waals surface area (Å²) in [6.07, 6.45) is 0. The normalized spacial score (nSPS) is 20.6. The molecule has 8 aromatic rings. The lowest BCUT2D eigenvalue weighted by Crippen LogP contribution is -1.92. The summed E-state index contributed by atoms with van der Waals surface area (Å²) in [6.45, 7) is 0. The Hall–Kier alpha value is -5.20. The molecule has 0 aromatic heterocycles. The molecule has 0 radical (unpaired) electrons. The molecule has 0 heteroatoms. The minimum atomic E-state index is -1.07. The van der Waals surface area contributed by atoms with Crippen LogP contribution in [-0.4, -0.2) is 0 Å². The minimum Gasteiger partial charge on any atom is -0.0622 e. The van der Waals surface area contributed by atoms with E-state index in [0.717, 1.165) is 0 Å². The molecule has 0 heterocycles.